The van der Waals surface area contributed by atoms with Crippen LogP contribution in [-0.2, 0) is 4.74 Å². The maximum absolute atomic E-state index is 14.5. The van der Waals surface area contributed by atoms with Crippen LogP contribution >= 0.6 is 0 Å². The molecule has 1 aromatic carbocycles. The quantitative estimate of drug-likeness (QED) is 0.507. The molecule has 0 radical (unpaired) electrons. The van der Waals surface area contributed by atoms with Crippen LogP contribution in [0.5, 0.6) is 5.75 Å². The normalized spacial score (nSPS) is 20.2. The van der Waals surface area contributed by atoms with E-state index in [9.17, 15) is 4.39 Å². The Labute approximate surface area is 193 Å². The average molecular weight is 456 g/mol. The molecule has 0 spiro atoms. The summed E-state index contributed by atoms with van der Waals surface area (Å²) in [6.07, 6.45) is 2.67. The van der Waals surface area contributed by atoms with Gasteiger partial charge in [-0.1, -0.05) is 6.07 Å². The summed E-state index contributed by atoms with van der Waals surface area (Å²) >= 11 is 0. The number of halogens is 1. The third-order valence-corrected chi connectivity index (χ3v) is 5.18. The molecule has 176 valence electrons. The molecule has 0 saturated carbocycles. The summed E-state index contributed by atoms with van der Waals surface area (Å²) in [7, 11) is 3.18. The van der Waals surface area contributed by atoms with Crippen LogP contribution in [0.2, 0.25) is 0 Å². The molecule has 33 heavy (non-hydrogen) atoms. The highest BCUT2D eigenvalue weighted by atomic mass is 19.1. The second-order valence-electron chi connectivity index (χ2n) is 7.89. The van der Waals surface area contributed by atoms with Crippen molar-refractivity contribution in [2.45, 2.75) is 33.0 Å². The number of nitrogens with two attached hydrogens (primary N) is 2. The van der Waals surface area contributed by atoms with E-state index in [4.69, 9.17) is 20.9 Å². The summed E-state index contributed by atoms with van der Waals surface area (Å²) in [5.41, 5.74) is 14.6. The minimum Gasteiger partial charge on any atom is -0.497 e. The molecule has 2 atom stereocenters. The van der Waals surface area contributed by atoms with Gasteiger partial charge in [0.15, 0.2) is 11.6 Å². The van der Waals surface area contributed by atoms with E-state index in [1.165, 1.54) is 0 Å². The molecule has 1 saturated heterocycles. The van der Waals surface area contributed by atoms with Crippen LogP contribution in [0.3, 0.4) is 0 Å². The largest absolute Gasteiger partial charge is 0.497 e. The van der Waals surface area contributed by atoms with Crippen LogP contribution in [0.4, 0.5) is 16.2 Å². The number of nitrogens with zero attached hydrogens (tertiary/aromatic N) is 5. The second kappa shape index (κ2) is 10.4. The molecule has 0 aliphatic carbocycles. The van der Waals surface area contributed by atoms with Gasteiger partial charge < -0.3 is 25.8 Å². The molecule has 1 aliphatic heterocycles. The number of rotatable bonds is 6. The first-order chi connectivity index (χ1) is 15.7. The van der Waals surface area contributed by atoms with E-state index in [-0.39, 0.29) is 29.7 Å². The van der Waals surface area contributed by atoms with Gasteiger partial charge in [0.1, 0.15) is 17.4 Å². The summed E-state index contributed by atoms with van der Waals surface area (Å²) in [6, 6.07) is 5.54. The van der Waals surface area contributed by atoms with Crippen molar-refractivity contribution in [1.29, 1.82) is 0 Å². The van der Waals surface area contributed by atoms with Crippen molar-refractivity contribution in [1.82, 2.24) is 9.97 Å². The number of amidine groups is 2. The van der Waals surface area contributed by atoms with Gasteiger partial charge in [-0.25, -0.2) is 14.4 Å². The van der Waals surface area contributed by atoms with Crippen molar-refractivity contribution >= 4 is 29.0 Å². The number of morpholine rings is 1. The zero-order valence-electron chi connectivity index (χ0n) is 19.5. The Kier molecular flexibility index (Phi) is 7.59. The average Bonchev–Trinajstić information content (AvgIpc) is 2.78. The number of ether oxygens (including phenoxy) is 2. The van der Waals surface area contributed by atoms with Crippen LogP contribution < -0.4 is 21.1 Å². The van der Waals surface area contributed by atoms with Crippen LogP contribution in [0.15, 0.2) is 40.5 Å². The third kappa shape index (κ3) is 5.83. The summed E-state index contributed by atoms with van der Waals surface area (Å²) in [4.78, 5) is 18.6. The van der Waals surface area contributed by atoms with Crippen LogP contribution in [-0.4, -0.2) is 61.1 Å². The lowest BCUT2D eigenvalue weighted by atomic mass is 9.99. The smallest absolute Gasteiger partial charge is 0.227 e. The second-order valence-corrected chi connectivity index (χ2v) is 7.89. The van der Waals surface area contributed by atoms with Gasteiger partial charge in [0.2, 0.25) is 5.95 Å². The predicted octanol–water partition coefficient (Wildman–Crippen LogP) is 2.61. The highest BCUT2D eigenvalue weighted by Crippen LogP contribution is 2.25. The van der Waals surface area contributed by atoms with E-state index < -0.39 is 5.82 Å². The number of methoxy groups -OCH3 is 1. The number of hydrogen-bond donors (Lipinski definition) is 2. The zero-order valence-corrected chi connectivity index (χ0v) is 19.5. The summed E-state index contributed by atoms with van der Waals surface area (Å²) < 4.78 is 25.5. The zero-order chi connectivity index (χ0) is 24.1. The predicted molar refractivity (Wildman–Crippen MR) is 129 cm³/mol. The molecule has 1 fully saturated rings. The van der Waals surface area contributed by atoms with Crippen LogP contribution in [0.1, 0.15) is 25.0 Å². The highest BCUT2D eigenvalue weighted by molar-refractivity contribution is 6.26. The van der Waals surface area contributed by atoms with E-state index in [0.29, 0.717) is 30.4 Å². The van der Waals surface area contributed by atoms with Gasteiger partial charge in [0.05, 0.1) is 25.5 Å². The van der Waals surface area contributed by atoms with Crippen molar-refractivity contribution < 1.29 is 13.9 Å². The Hall–Kier alpha value is -3.53. The molecular formula is C23H30FN7O2. The lowest BCUT2D eigenvalue weighted by Gasteiger charge is -2.35. The van der Waals surface area contributed by atoms with Crippen molar-refractivity contribution in [2.24, 2.45) is 21.5 Å². The van der Waals surface area contributed by atoms with E-state index in [2.05, 4.69) is 20.0 Å². The van der Waals surface area contributed by atoms with Crippen molar-refractivity contribution in [2.75, 3.05) is 32.1 Å². The first kappa shape index (κ1) is 24.1. The number of benzene rings is 1. The first-order valence-corrected chi connectivity index (χ1v) is 10.6. The summed E-state index contributed by atoms with van der Waals surface area (Å²) in [6.45, 7) is 7.05. The fourth-order valence-corrected chi connectivity index (χ4v) is 3.70. The van der Waals surface area contributed by atoms with E-state index in [1.807, 2.05) is 43.9 Å². The Bertz CT molecular complexity index is 1090. The van der Waals surface area contributed by atoms with Gasteiger partial charge >= 0.3 is 0 Å². The number of aromatic nitrogens is 2. The van der Waals surface area contributed by atoms with Gasteiger partial charge in [0, 0.05) is 25.7 Å². The van der Waals surface area contributed by atoms with E-state index in [1.54, 1.807) is 20.2 Å². The SMILES string of the molecule is CN=C(N)/C(=C\C(N)=Nc1nc(N2C[C@@H](C)O[C@@H](C)C2)ncc1F)c1ccc(OC)cc1C. The molecule has 9 nitrogen and oxygen atoms in total. The number of anilines is 1. The molecule has 2 heterocycles. The fourth-order valence-electron chi connectivity index (χ4n) is 3.70. The molecule has 2 aromatic rings. The molecule has 0 amide bonds. The van der Waals surface area contributed by atoms with Crippen LogP contribution in [0, 0.1) is 12.7 Å². The Morgan fingerprint density at radius 3 is 2.58 bits per heavy atom. The van der Waals surface area contributed by atoms with E-state index >= 15 is 0 Å². The van der Waals surface area contributed by atoms with Gasteiger partial charge in [-0.3, -0.25) is 4.99 Å². The van der Waals surface area contributed by atoms with Gasteiger partial charge in [-0.05, 0) is 50.1 Å². The fraction of sp³-hybridized carbons (Fsp3) is 0.391. The Morgan fingerprint density at radius 1 is 1.27 bits per heavy atom. The maximum atomic E-state index is 14.5. The minimum atomic E-state index is -0.677. The van der Waals surface area contributed by atoms with Gasteiger partial charge in [-0.15, -0.1) is 0 Å². The van der Waals surface area contributed by atoms with Gasteiger partial charge in [-0.2, -0.15) is 4.98 Å². The first-order valence-electron chi connectivity index (χ1n) is 10.6. The molecule has 1 aliphatic rings. The molecule has 3 rings (SSSR count). The lowest BCUT2D eigenvalue weighted by molar-refractivity contribution is -0.00572. The van der Waals surface area contributed by atoms with Gasteiger partial charge in [0.25, 0.3) is 0 Å². The molecule has 10 heteroatoms. The Balaban J connectivity index is 1.98. The lowest BCUT2D eigenvalue weighted by Crippen LogP contribution is -2.46. The Morgan fingerprint density at radius 2 is 1.97 bits per heavy atom. The minimum absolute atomic E-state index is 0.00829. The highest BCUT2D eigenvalue weighted by Gasteiger charge is 2.24. The van der Waals surface area contributed by atoms with Crippen LogP contribution in [0.25, 0.3) is 5.57 Å². The van der Waals surface area contributed by atoms with E-state index in [0.717, 1.165) is 17.3 Å². The third-order valence-electron chi connectivity index (χ3n) is 5.18. The molecule has 1 aromatic heterocycles. The maximum Gasteiger partial charge on any atom is 0.227 e. The standard InChI is InChI=1S/C23H30FN7O2/c1-13-8-16(32-5)6-7-17(13)18(21(26)27-4)9-20(25)29-22-19(24)10-28-23(30-22)31-11-14(2)33-15(3)12-31/h6-10,14-15H,11-12H2,1-5H3,(H2,26,27)(H2,25,28,29,30)/b18-9-/t14-,15+. The molecule has 0 unspecified atom stereocenters. The number of aryl methyl sites for hydroxylation is 1. The summed E-state index contributed by atoms with van der Waals surface area (Å²) in [5, 5.41) is 0. The molecule has 4 N–H and O–H groups in total. The van der Waals surface area contributed by atoms with Crippen molar-refractivity contribution in [3.8, 4) is 5.75 Å². The van der Waals surface area contributed by atoms with Crippen molar-refractivity contribution in [3.05, 3.63) is 47.4 Å². The number of hydrogen-bond acceptors (Lipinski definition) is 7. The monoisotopic (exact) mass is 455 g/mol. The molecular weight excluding hydrogens is 425 g/mol. The number of aliphatic imine (C=N–C) groups is 2. The van der Waals surface area contributed by atoms with Crippen molar-refractivity contribution in [3.63, 3.8) is 0 Å². The molecule has 0 bridgehead atoms. The topological polar surface area (TPSA) is 124 Å². The summed E-state index contributed by atoms with van der Waals surface area (Å²) in [5.74, 6) is 0.545.